The Bertz CT molecular complexity index is 626. The van der Waals surface area contributed by atoms with Crippen LogP contribution in [0.2, 0.25) is 0 Å². The maximum atomic E-state index is 10.8. The fourth-order valence-electron chi connectivity index (χ4n) is 1.88. The quantitative estimate of drug-likeness (QED) is 0.910. The number of carbonyl (C=O) groups is 1. The lowest BCUT2D eigenvalue weighted by molar-refractivity contribution is -0.138. The largest absolute Gasteiger partial charge is 0.480 e. The zero-order valence-corrected chi connectivity index (χ0v) is 13.3. The molecule has 0 aliphatic rings. The summed E-state index contributed by atoms with van der Waals surface area (Å²) in [4.78, 5) is 15.4. The monoisotopic (exact) mass is 304 g/mol. The first-order chi connectivity index (χ1) is 9.77. The number of thiazole rings is 1. The summed E-state index contributed by atoms with van der Waals surface area (Å²) < 4.78 is 0. The molecule has 21 heavy (non-hydrogen) atoms. The molecule has 1 aromatic carbocycles. The van der Waals surface area contributed by atoms with Gasteiger partial charge in [-0.2, -0.15) is 0 Å². The van der Waals surface area contributed by atoms with Gasteiger partial charge < -0.3 is 10.8 Å². The van der Waals surface area contributed by atoms with E-state index in [9.17, 15) is 4.79 Å². The molecular formula is C16H20N2O2S. The van der Waals surface area contributed by atoms with E-state index in [-0.39, 0.29) is 5.41 Å². The smallest absolute Gasteiger partial charge is 0.320 e. The summed E-state index contributed by atoms with van der Waals surface area (Å²) in [6.45, 7) is 6.42. The van der Waals surface area contributed by atoms with Crippen LogP contribution >= 0.6 is 11.3 Å². The van der Waals surface area contributed by atoms with Crippen LogP contribution in [-0.2, 0) is 16.6 Å². The van der Waals surface area contributed by atoms with Crippen LogP contribution in [0.4, 0.5) is 0 Å². The molecule has 0 fully saturated rings. The number of aromatic nitrogens is 1. The second kappa shape index (κ2) is 5.95. The fourth-order valence-corrected chi connectivity index (χ4v) is 2.93. The third kappa shape index (κ3) is 3.89. The number of carboxylic acids is 1. The van der Waals surface area contributed by atoms with E-state index in [1.54, 1.807) is 11.3 Å². The van der Waals surface area contributed by atoms with Gasteiger partial charge in [-0.15, -0.1) is 11.3 Å². The van der Waals surface area contributed by atoms with Crippen LogP contribution in [0.25, 0.3) is 10.6 Å². The lowest BCUT2D eigenvalue weighted by Crippen LogP contribution is -2.32. The number of hydrogen-bond donors (Lipinski definition) is 2. The number of benzene rings is 1. The Kier molecular flexibility index (Phi) is 4.44. The topological polar surface area (TPSA) is 76.2 Å². The number of nitrogens with two attached hydrogens (primary N) is 1. The molecule has 0 spiro atoms. The Labute approximate surface area is 128 Å². The van der Waals surface area contributed by atoms with Gasteiger partial charge in [0.2, 0.25) is 0 Å². The molecule has 0 amide bonds. The van der Waals surface area contributed by atoms with Crippen LogP contribution in [0.15, 0.2) is 29.6 Å². The zero-order valence-electron chi connectivity index (χ0n) is 12.5. The van der Waals surface area contributed by atoms with Crippen LogP contribution in [0.3, 0.4) is 0 Å². The fraction of sp³-hybridized carbons (Fsp3) is 0.375. The molecular weight excluding hydrogens is 284 g/mol. The maximum Gasteiger partial charge on any atom is 0.320 e. The van der Waals surface area contributed by atoms with Crippen molar-refractivity contribution in [2.24, 2.45) is 5.73 Å². The van der Waals surface area contributed by atoms with Gasteiger partial charge in [0, 0.05) is 16.4 Å². The molecule has 1 heterocycles. The molecule has 1 atom stereocenters. The Morgan fingerprint density at radius 2 is 1.95 bits per heavy atom. The van der Waals surface area contributed by atoms with Crippen molar-refractivity contribution in [2.75, 3.05) is 0 Å². The standard InChI is InChI=1S/C16H20N2O2S/c1-16(2,3)13-9-21-14(18-13)11-6-4-10(5-7-11)8-12(17)15(19)20/h4-7,9,12H,8,17H2,1-3H3,(H,19,20). The Balaban J connectivity index is 2.15. The first kappa shape index (κ1) is 15.7. The van der Waals surface area contributed by atoms with E-state index in [1.165, 1.54) is 0 Å². The average molecular weight is 304 g/mol. The minimum absolute atomic E-state index is 0.0446. The van der Waals surface area contributed by atoms with E-state index in [0.29, 0.717) is 6.42 Å². The van der Waals surface area contributed by atoms with Gasteiger partial charge in [0.1, 0.15) is 11.0 Å². The first-order valence-corrected chi connectivity index (χ1v) is 7.69. The second-order valence-electron chi connectivity index (χ2n) is 6.13. The van der Waals surface area contributed by atoms with E-state index in [1.807, 2.05) is 24.3 Å². The Morgan fingerprint density at radius 3 is 2.43 bits per heavy atom. The van der Waals surface area contributed by atoms with Gasteiger partial charge in [-0.05, 0) is 12.0 Å². The van der Waals surface area contributed by atoms with Gasteiger partial charge in [0.25, 0.3) is 0 Å². The highest BCUT2D eigenvalue weighted by Crippen LogP contribution is 2.29. The maximum absolute atomic E-state index is 10.8. The van der Waals surface area contributed by atoms with Crippen molar-refractivity contribution in [3.05, 3.63) is 40.9 Å². The summed E-state index contributed by atoms with van der Waals surface area (Å²) in [7, 11) is 0. The highest BCUT2D eigenvalue weighted by atomic mass is 32.1. The van der Waals surface area contributed by atoms with Crippen LogP contribution in [0.1, 0.15) is 32.0 Å². The minimum Gasteiger partial charge on any atom is -0.480 e. The summed E-state index contributed by atoms with van der Waals surface area (Å²) in [6.07, 6.45) is 0.334. The van der Waals surface area contributed by atoms with E-state index in [0.717, 1.165) is 21.8 Å². The molecule has 0 saturated heterocycles. The molecule has 2 rings (SSSR count). The number of hydrogen-bond acceptors (Lipinski definition) is 4. The predicted molar refractivity (Wildman–Crippen MR) is 85.6 cm³/mol. The summed E-state index contributed by atoms with van der Waals surface area (Å²) in [5.74, 6) is -0.978. The SMILES string of the molecule is CC(C)(C)c1csc(-c2ccc(CC(N)C(=O)O)cc2)n1. The van der Waals surface area contributed by atoms with Gasteiger partial charge in [-0.3, -0.25) is 4.79 Å². The molecule has 4 nitrogen and oxygen atoms in total. The highest BCUT2D eigenvalue weighted by molar-refractivity contribution is 7.13. The van der Waals surface area contributed by atoms with Crippen molar-refractivity contribution < 1.29 is 9.90 Å². The molecule has 0 aliphatic carbocycles. The summed E-state index contributed by atoms with van der Waals surface area (Å²) >= 11 is 1.62. The van der Waals surface area contributed by atoms with Gasteiger partial charge >= 0.3 is 5.97 Å². The number of carboxylic acid groups (broad SMARTS) is 1. The van der Waals surface area contributed by atoms with Crippen LogP contribution < -0.4 is 5.73 Å². The van der Waals surface area contributed by atoms with Crippen molar-refractivity contribution in [3.8, 4) is 10.6 Å². The summed E-state index contributed by atoms with van der Waals surface area (Å²) in [6, 6.07) is 6.90. The molecule has 0 bridgehead atoms. The lowest BCUT2D eigenvalue weighted by atomic mass is 9.93. The Morgan fingerprint density at radius 1 is 1.33 bits per heavy atom. The van der Waals surface area contributed by atoms with E-state index < -0.39 is 12.0 Å². The van der Waals surface area contributed by atoms with Crippen LogP contribution in [0.5, 0.6) is 0 Å². The van der Waals surface area contributed by atoms with Crippen molar-refractivity contribution in [1.82, 2.24) is 4.98 Å². The summed E-state index contributed by atoms with van der Waals surface area (Å²) in [5.41, 5.74) is 8.63. The molecule has 1 aromatic heterocycles. The third-order valence-electron chi connectivity index (χ3n) is 3.25. The number of rotatable bonds is 4. The van der Waals surface area contributed by atoms with Gasteiger partial charge in [-0.1, -0.05) is 45.0 Å². The summed E-state index contributed by atoms with van der Waals surface area (Å²) in [5, 5.41) is 11.9. The average Bonchev–Trinajstić information content (AvgIpc) is 2.89. The zero-order chi connectivity index (χ0) is 15.6. The van der Waals surface area contributed by atoms with Crippen LogP contribution in [0, 0.1) is 0 Å². The molecule has 5 heteroatoms. The first-order valence-electron chi connectivity index (χ1n) is 6.81. The van der Waals surface area contributed by atoms with Gasteiger partial charge in [-0.25, -0.2) is 4.98 Å². The normalized spacial score (nSPS) is 13.1. The third-order valence-corrected chi connectivity index (χ3v) is 4.14. The van der Waals surface area contributed by atoms with Crippen LogP contribution in [-0.4, -0.2) is 22.1 Å². The predicted octanol–water partition coefficient (Wildman–Crippen LogP) is 3.06. The van der Waals surface area contributed by atoms with E-state index >= 15 is 0 Å². The van der Waals surface area contributed by atoms with Gasteiger partial charge in [0.05, 0.1) is 5.69 Å². The molecule has 2 aromatic rings. The number of nitrogens with zero attached hydrogens (tertiary/aromatic N) is 1. The molecule has 0 radical (unpaired) electrons. The lowest BCUT2D eigenvalue weighted by Gasteiger charge is -2.14. The Hall–Kier alpha value is -1.72. The minimum atomic E-state index is -0.978. The molecule has 1 unspecified atom stereocenters. The van der Waals surface area contributed by atoms with E-state index in [4.69, 9.17) is 10.8 Å². The molecule has 0 saturated carbocycles. The molecule has 3 N–H and O–H groups in total. The van der Waals surface area contributed by atoms with Crippen molar-refractivity contribution in [2.45, 2.75) is 38.6 Å². The molecule has 0 aliphatic heterocycles. The number of aliphatic carboxylic acids is 1. The van der Waals surface area contributed by atoms with Crippen molar-refractivity contribution in [3.63, 3.8) is 0 Å². The van der Waals surface area contributed by atoms with Gasteiger partial charge in [0.15, 0.2) is 0 Å². The highest BCUT2D eigenvalue weighted by Gasteiger charge is 2.18. The second-order valence-corrected chi connectivity index (χ2v) is 6.99. The molecule has 112 valence electrons. The van der Waals surface area contributed by atoms with E-state index in [2.05, 4.69) is 31.1 Å². The van der Waals surface area contributed by atoms with Crippen molar-refractivity contribution in [1.29, 1.82) is 0 Å². The van der Waals surface area contributed by atoms with Crippen molar-refractivity contribution >= 4 is 17.3 Å².